The minimum atomic E-state index is -4.24. The Hall–Kier alpha value is -0.550. The van der Waals surface area contributed by atoms with Gasteiger partial charge < -0.3 is 10.1 Å². The molecule has 0 saturated heterocycles. The molecule has 0 amide bonds. The van der Waals surface area contributed by atoms with Gasteiger partial charge in [0.15, 0.2) is 0 Å². The highest BCUT2D eigenvalue weighted by Crippen LogP contribution is 2.25. The van der Waals surface area contributed by atoms with Crippen molar-refractivity contribution >= 4 is 0 Å². The van der Waals surface area contributed by atoms with Gasteiger partial charge in [-0.15, -0.1) is 6.58 Å². The van der Waals surface area contributed by atoms with Gasteiger partial charge in [0.25, 0.3) is 0 Å². The SMILES string of the molecule is C=CC(C)(CCCOCC(F)(F)F)CNC(C)(C)C. The lowest BCUT2D eigenvalue weighted by Crippen LogP contribution is -2.42. The molecule has 5 heteroatoms. The minimum Gasteiger partial charge on any atom is -0.372 e. The summed E-state index contributed by atoms with van der Waals surface area (Å²) in [5, 5.41) is 3.39. The third-order valence-electron chi connectivity index (χ3n) is 2.82. The van der Waals surface area contributed by atoms with Gasteiger partial charge in [-0.2, -0.15) is 13.2 Å². The molecule has 0 aliphatic heterocycles. The summed E-state index contributed by atoms with van der Waals surface area (Å²) in [5.74, 6) is 0. The lowest BCUT2D eigenvalue weighted by Gasteiger charge is -2.31. The highest BCUT2D eigenvalue weighted by molar-refractivity contribution is 4.94. The molecule has 0 radical (unpaired) electrons. The highest BCUT2D eigenvalue weighted by atomic mass is 19.4. The van der Waals surface area contributed by atoms with Crippen LogP contribution in [0.1, 0.15) is 40.5 Å². The Kier molecular flexibility index (Phi) is 7.08. The molecule has 1 atom stereocenters. The van der Waals surface area contributed by atoms with Crippen molar-refractivity contribution in [3.05, 3.63) is 12.7 Å². The Morgan fingerprint density at radius 3 is 2.16 bits per heavy atom. The summed E-state index contributed by atoms with van der Waals surface area (Å²) >= 11 is 0. The van der Waals surface area contributed by atoms with Crippen LogP contribution < -0.4 is 5.32 Å². The zero-order valence-electron chi connectivity index (χ0n) is 12.4. The zero-order chi connectivity index (χ0) is 15.2. The fourth-order valence-corrected chi connectivity index (χ4v) is 1.50. The fraction of sp³-hybridized carbons (Fsp3) is 0.857. The van der Waals surface area contributed by atoms with E-state index in [0.29, 0.717) is 6.42 Å². The summed E-state index contributed by atoms with van der Waals surface area (Å²) < 4.78 is 40.3. The molecule has 0 heterocycles. The van der Waals surface area contributed by atoms with Crippen LogP contribution in [0.3, 0.4) is 0 Å². The minimum absolute atomic E-state index is 0.0110. The Bertz CT molecular complexity index is 271. The molecule has 1 N–H and O–H groups in total. The molecule has 0 aromatic rings. The first-order valence-electron chi connectivity index (χ1n) is 6.51. The van der Waals surface area contributed by atoms with Crippen LogP contribution in [0.4, 0.5) is 13.2 Å². The van der Waals surface area contributed by atoms with E-state index >= 15 is 0 Å². The summed E-state index contributed by atoms with van der Waals surface area (Å²) in [5.41, 5.74) is -0.119. The Balaban J connectivity index is 3.95. The van der Waals surface area contributed by atoms with E-state index in [2.05, 4.69) is 37.4 Å². The van der Waals surface area contributed by atoms with E-state index in [1.54, 1.807) is 0 Å². The molecule has 0 aromatic heterocycles. The van der Waals surface area contributed by atoms with Gasteiger partial charge in [0, 0.05) is 18.7 Å². The molecule has 0 aliphatic carbocycles. The molecule has 0 aliphatic rings. The standard InChI is InChI=1S/C14H26F3NO/c1-6-13(5,10-18-12(2,3)4)8-7-9-19-11-14(15,16)17/h6,18H,1,7-11H2,2-5H3. The van der Waals surface area contributed by atoms with E-state index in [9.17, 15) is 13.2 Å². The molecule has 0 aromatic carbocycles. The van der Waals surface area contributed by atoms with Crippen LogP contribution in [0.15, 0.2) is 12.7 Å². The maximum Gasteiger partial charge on any atom is 0.411 e. The summed E-state index contributed by atoms with van der Waals surface area (Å²) in [4.78, 5) is 0. The van der Waals surface area contributed by atoms with E-state index < -0.39 is 12.8 Å². The number of rotatable bonds is 8. The average Bonchev–Trinajstić information content (AvgIpc) is 2.23. The molecule has 0 rings (SSSR count). The first kappa shape index (κ1) is 18.4. The van der Waals surface area contributed by atoms with E-state index in [1.807, 2.05) is 13.0 Å². The molecular weight excluding hydrogens is 255 g/mol. The van der Waals surface area contributed by atoms with Crippen LogP contribution in [0.25, 0.3) is 0 Å². The van der Waals surface area contributed by atoms with E-state index in [-0.39, 0.29) is 17.6 Å². The van der Waals surface area contributed by atoms with Gasteiger partial charge in [-0.05, 0) is 39.0 Å². The van der Waals surface area contributed by atoms with Gasteiger partial charge in [0.1, 0.15) is 6.61 Å². The largest absolute Gasteiger partial charge is 0.411 e. The van der Waals surface area contributed by atoms with Crippen molar-refractivity contribution in [1.82, 2.24) is 5.32 Å². The molecular formula is C14H26F3NO. The Morgan fingerprint density at radius 1 is 1.16 bits per heavy atom. The molecule has 0 fully saturated rings. The first-order valence-corrected chi connectivity index (χ1v) is 6.51. The molecule has 1 unspecified atom stereocenters. The second kappa shape index (κ2) is 7.29. The summed E-state index contributed by atoms with van der Waals surface area (Å²) in [6, 6.07) is 0. The normalized spacial score (nSPS) is 16.2. The number of hydrogen-bond donors (Lipinski definition) is 1. The second-order valence-corrected chi connectivity index (χ2v) is 6.23. The van der Waals surface area contributed by atoms with Gasteiger partial charge >= 0.3 is 6.18 Å². The van der Waals surface area contributed by atoms with Gasteiger partial charge in [-0.1, -0.05) is 13.0 Å². The van der Waals surface area contributed by atoms with E-state index in [1.165, 1.54) is 0 Å². The van der Waals surface area contributed by atoms with Gasteiger partial charge in [0.2, 0.25) is 0 Å². The van der Waals surface area contributed by atoms with Crippen molar-refractivity contribution in [3.63, 3.8) is 0 Å². The number of alkyl halides is 3. The summed E-state index contributed by atoms with van der Waals surface area (Å²) in [6.07, 6.45) is -1.05. The van der Waals surface area contributed by atoms with Crippen molar-refractivity contribution in [2.45, 2.75) is 52.3 Å². The molecule has 0 spiro atoms. The first-order chi connectivity index (χ1) is 8.47. The van der Waals surface area contributed by atoms with Crippen LogP contribution in [-0.4, -0.2) is 31.5 Å². The predicted molar refractivity (Wildman–Crippen MR) is 72.2 cm³/mol. The third-order valence-corrected chi connectivity index (χ3v) is 2.82. The van der Waals surface area contributed by atoms with Crippen molar-refractivity contribution in [2.75, 3.05) is 19.8 Å². The number of nitrogens with one attached hydrogen (secondary N) is 1. The summed E-state index contributed by atoms with van der Waals surface area (Å²) in [6.45, 7) is 11.8. The van der Waals surface area contributed by atoms with Crippen molar-refractivity contribution in [2.24, 2.45) is 5.41 Å². The van der Waals surface area contributed by atoms with Crippen LogP contribution in [0.2, 0.25) is 0 Å². The Morgan fingerprint density at radius 2 is 1.74 bits per heavy atom. The van der Waals surface area contributed by atoms with E-state index in [0.717, 1.165) is 13.0 Å². The highest BCUT2D eigenvalue weighted by Gasteiger charge is 2.27. The Labute approximate surface area is 114 Å². The maximum atomic E-state index is 11.9. The van der Waals surface area contributed by atoms with Gasteiger partial charge in [-0.25, -0.2) is 0 Å². The van der Waals surface area contributed by atoms with Crippen LogP contribution >= 0.6 is 0 Å². The molecule has 114 valence electrons. The topological polar surface area (TPSA) is 21.3 Å². The van der Waals surface area contributed by atoms with Gasteiger partial charge in [0.05, 0.1) is 0 Å². The number of ether oxygens (including phenoxy) is 1. The molecule has 19 heavy (non-hydrogen) atoms. The molecule has 2 nitrogen and oxygen atoms in total. The van der Waals surface area contributed by atoms with Crippen molar-refractivity contribution in [1.29, 1.82) is 0 Å². The number of halogens is 3. The van der Waals surface area contributed by atoms with E-state index in [4.69, 9.17) is 0 Å². The van der Waals surface area contributed by atoms with Crippen molar-refractivity contribution < 1.29 is 17.9 Å². The summed E-state index contributed by atoms with van der Waals surface area (Å²) in [7, 11) is 0. The lowest BCUT2D eigenvalue weighted by atomic mass is 9.85. The number of hydrogen-bond acceptors (Lipinski definition) is 2. The molecule has 0 bridgehead atoms. The average molecular weight is 281 g/mol. The van der Waals surface area contributed by atoms with Crippen LogP contribution in [0, 0.1) is 5.41 Å². The van der Waals surface area contributed by atoms with Crippen LogP contribution in [0.5, 0.6) is 0 Å². The monoisotopic (exact) mass is 281 g/mol. The van der Waals surface area contributed by atoms with Crippen LogP contribution in [-0.2, 0) is 4.74 Å². The van der Waals surface area contributed by atoms with Gasteiger partial charge in [-0.3, -0.25) is 0 Å². The second-order valence-electron chi connectivity index (χ2n) is 6.23. The lowest BCUT2D eigenvalue weighted by molar-refractivity contribution is -0.174. The maximum absolute atomic E-state index is 11.9. The zero-order valence-corrected chi connectivity index (χ0v) is 12.4. The quantitative estimate of drug-likeness (QED) is 0.538. The predicted octanol–water partition coefficient (Wildman–Crippen LogP) is 3.93. The van der Waals surface area contributed by atoms with Crippen molar-refractivity contribution in [3.8, 4) is 0 Å². The smallest absolute Gasteiger partial charge is 0.372 e. The third kappa shape index (κ3) is 11.0. The fourth-order valence-electron chi connectivity index (χ4n) is 1.50. The molecule has 0 saturated carbocycles.